The SMILES string of the molecule is COc1ccccc1-c1n[nH]c(=S)n1/N=C/c1ccc(Cl)cc1Cl. The van der Waals surface area contributed by atoms with Gasteiger partial charge in [0.2, 0.25) is 4.77 Å². The fraction of sp³-hybridized carbons (Fsp3) is 0.0625. The predicted molar refractivity (Wildman–Crippen MR) is 98.9 cm³/mol. The Hall–Kier alpha value is -2.15. The molecule has 3 rings (SSSR count). The smallest absolute Gasteiger partial charge is 0.216 e. The molecular weight excluding hydrogens is 367 g/mol. The van der Waals surface area contributed by atoms with Crippen molar-refractivity contribution in [1.82, 2.24) is 14.9 Å². The zero-order valence-corrected chi connectivity index (χ0v) is 14.9. The standard InChI is InChI=1S/C16H12Cl2N4OS/c1-23-14-5-3-2-4-12(14)15-20-21-16(24)22(15)19-9-10-6-7-11(17)8-13(10)18/h2-9H,1H3,(H,21,24)/b19-9+. The monoisotopic (exact) mass is 378 g/mol. The summed E-state index contributed by atoms with van der Waals surface area (Å²) in [5, 5.41) is 12.4. The van der Waals surface area contributed by atoms with E-state index in [0.29, 0.717) is 26.4 Å². The van der Waals surface area contributed by atoms with Gasteiger partial charge in [-0.15, -0.1) is 0 Å². The zero-order valence-electron chi connectivity index (χ0n) is 12.5. The summed E-state index contributed by atoms with van der Waals surface area (Å²) in [7, 11) is 1.60. The van der Waals surface area contributed by atoms with Crippen molar-refractivity contribution in [2.75, 3.05) is 7.11 Å². The van der Waals surface area contributed by atoms with Crippen LogP contribution in [0.4, 0.5) is 0 Å². The molecule has 0 spiro atoms. The second-order valence-corrected chi connectivity index (χ2v) is 6.01. The number of hydrogen-bond acceptors (Lipinski definition) is 4. The first-order valence-corrected chi connectivity index (χ1v) is 8.07. The van der Waals surface area contributed by atoms with Crippen LogP contribution in [-0.2, 0) is 0 Å². The van der Waals surface area contributed by atoms with Gasteiger partial charge < -0.3 is 4.74 Å². The van der Waals surface area contributed by atoms with Crippen LogP contribution in [0.2, 0.25) is 10.0 Å². The molecule has 2 aromatic carbocycles. The third kappa shape index (κ3) is 3.36. The van der Waals surface area contributed by atoms with Crippen molar-refractivity contribution in [1.29, 1.82) is 0 Å². The number of rotatable bonds is 4. The van der Waals surface area contributed by atoms with Gasteiger partial charge in [-0.1, -0.05) is 41.4 Å². The molecule has 3 aromatic rings. The van der Waals surface area contributed by atoms with Gasteiger partial charge in [0.25, 0.3) is 0 Å². The largest absolute Gasteiger partial charge is 0.496 e. The van der Waals surface area contributed by atoms with Gasteiger partial charge in [-0.25, -0.2) is 5.10 Å². The first kappa shape index (κ1) is 16.7. The molecule has 0 aliphatic carbocycles. The molecule has 1 aromatic heterocycles. The summed E-state index contributed by atoms with van der Waals surface area (Å²) < 4.78 is 7.24. The number of aromatic amines is 1. The molecule has 1 heterocycles. The van der Waals surface area contributed by atoms with Crippen LogP contribution in [0, 0.1) is 4.77 Å². The minimum atomic E-state index is 0.359. The Labute approximate surface area is 153 Å². The summed E-state index contributed by atoms with van der Waals surface area (Å²) in [6.07, 6.45) is 1.60. The van der Waals surface area contributed by atoms with Crippen LogP contribution in [0.5, 0.6) is 5.75 Å². The van der Waals surface area contributed by atoms with Crippen molar-refractivity contribution in [2.45, 2.75) is 0 Å². The molecule has 0 saturated carbocycles. The quantitative estimate of drug-likeness (QED) is 0.523. The first-order valence-electron chi connectivity index (χ1n) is 6.90. The van der Waals surface area contributed by atoms with Crippen molar-refractivity contribution in [3.8, 4) is 17.1 Å². The molecule has 0 saturated heterocycles. The molecule has 0 amide bonds. The van der Waals surface area contributed by atoms with E-state index in [1.54, 1.807) is 31.5 Å². The second-order valence-electron chi connectivity index (χ2n) is 4.77. The molecule has 8 heteroatoms. The van der Waals surface area contributed by atoms with Gasteiger partial charge in [0.15, 0.2) is 5.82 Å². The molecule has 24 heavy (non-hydrogen) atoms. The minimum Gasteiger partial charge on any atom is -0.496 e. The molecule has 0 aliphatic rings. The normalized spacial score (nSPS) is 11.1. The van der Waals surface area contributed by atoms with E-state index in [0.717, 1.165) is 11.1 Å². The van der Waals surface area contributed by atoms with E-state index in [1.807, 2.05) is 24.3 Å². The summed E-state index contributed by atoms with van der Waals surface area (Å²) in [4.78, 5) is 0. The van der Waals surface area contributed by atoms with Gasteiger partial charge in [-0.2, -0.15) is 14.9 Å². The van der Waals surface area contributed by atoms with Gasteiger partial charge in [0.1, 0.15) is 5.75 Å². The van der Waals surface area contributed by atoms with E-state index >= 15 is 0 Å². The summed E-state index contributed by atoms with van der Waals surface area (Å²) >= 11 is 17.3. The molecule has 0 unspecified atom stereocenters. The van der Waals surface area contributed by atoms with Crippen LogP contribution in [0.15, 0.2) is 47.6 Å². The fourth-order valence-corrected chi connectivity index (χ4v) is 2.77. The second kappa shape index (κ2) is 7.17. The number of hydrogen-bond donors (Lipinski definition) is 1. The lowest BCUT2D eigenvalue weighted by molar-refractivity contribution is 0.416. The summed E-state index contributed by atoms with van der Waals surface area (Å²) in [5.74, 6) is 1.21. The Morgan fingerprint density at radius 1 is 1.25 bits per heavy atom. The molecule has 1 N–H and O–H groups in total. The van der Waals surface area contributed by atoms with Crippen LogP contribution in [0.25, 0.3) is 11.4 Å². The third-order valence-corrected chi connectivity index (χ3v) is 4.10. The topological polar surface area (TPSA) is 55.2 Å². The summed E-state index contributed by atoms with van der Waals surface area (Å²) in [6.45, 7) is 0. The highest BCUT2D eigenvalue weighted by molar-refractivity contribution is 7.71. The Bertz CT molecular complexity index is 965. The Morgan fingerprint density at radius 3 is 2.79 bits per heavy atom. The van der Waals surface area contributed by atoms with Gasteiger partial charge in [-0.05, 0) is 36.5 Å². The van der Waals surface area contributed by atoms with Gasteiger partial charge in [0, 0.05) is 10.6 Å². The van der Waals surface area contributed by atoms with Crippen LogP contribution in [0.1, 0.15) is 5.56 Å². The first-order chi connectivity index (χ1) is 11.6. The van der Waals surface area contributed by atoms with Crippen LogP contribution >= 0.6 is 35.4 Å². The molecule has 0 aliphatic heterocycles. The maximum Gasteiger partial charge on any atom is 0.216 e. The maximum absolute atomic E-state index is 6.16. The van der Waals surface area contributed by atoms with E-state index < -0.39 is 0 Å². The Morgan fingerprint density at radius 2 is 2.04 bits per heavy atom. The molecule has 0 radical (unpaired) electrons. The lowest BCUT2D eigenvalue weighted by Gasteiger charge is -2.07. The number of para-hydroxylation sites is 1. The Kier molecular flexibility index (Phi) is 4.99. The summed E-state index contributed by atoms with van der Waals surface area (Å²) in [5.41, 5.74) is 1.49. The van der Waals surface area contributed by atoms with Gasteiger partial charge in [0.05, 0.1) is 23.9 Å². The highest BCUT2D eigenvalue weighted by atomic mass is 35.5. The average molecular weight is 379 g/mol. The number of nitrogens with one attached hydrogen (secondary N) is 1. The molecule has 5 nitrogen and oxygen atoms in total. The maximum atomic E-state index is 6.16. The number of halogens is 2. The summed E-state index contributed by atoms with van der Waals surface area (Å²) in [6, 6.07) is 12.7. The molecule has 0 atom stereocenters. The Balaban J connectivity index is 2.05. The molecule has 0 fully saturated rings. The number of methoxy groups -OCH3 is 1. The van der Waals surface area contributed by atoms with Gasteiger partial charge in [-0.3, -0.25) is 0 Å². The minimum absolute atomic E-state index is 0.359. The third-order valence-electron chi connectivity index (χ3n) is 3.27. The highest BCUT2D eigenvalue weighted by Gasteiger charge is 2.12. The number of ether oxygens (including phenoxy) is 1. The van der Waals surface area contributed by atoms with Gasteiger partial charge >= 0.3 is 0 Å². The van der Waals surface area contributed by atoms with Crippen molar-refractivity contribution >= 4 is 41.6 Å². The molecule has 122 valence electrons. The van der Waals surface area contributed by atoms with E-state index in [2.05, 4.69) is 15.3 Å². The van der Waals surface area contributed by atoms with E-state index in [9.17, 15) is 0 Å². The molecular formula is C16H12Cl2N4OS. The van der Waals surface area contributed by atoms with Crippen molar-refractivity contribution in [3.05, 3.63) is 62.8 Å². The van der Waals surface area contributed by atoms with Crippen molar-refractivity contribution in [3.63, 3.8) is 0 Å². The lowest BCUT2D eigenvalue weighted by atomic mass is 10.2. The number of benzene rings is 2. The van der Waals surface area contributed by atoms with Crippen molar-refractivity contribution in [2.24, 2.45) is 5.10 Å². The predicted octanol–water partition coefficient (Wildman–Crippen LogP) is 4.81. The van der Waals surface area contributed by atoms with E-state index in [4.69, 9.17) is 40.2 Å². The number of aromatic nitrogens is 3. The number of H-pyrrole nitrogens is 1. The van der Waals surface area contributed by atoms with Crippen LogP contribution in [-0.4, -0.2) is 28.2 Å². The van der Waals surface area contributed by atoms with Crippen LogP contribution in [0.3, 0.4) is 0 Å². The van der Waals surface area contributed by atoms with Crippen LogP contribution < -0.4 is 4.74 Å². The highest BCUT2D eigenvalue weighted by Crippen LogP contribution is 2.28. The fourth-order valence-electron chi connectivity index (χ4n) is 2.13. The van der Waals surface area contributed by atoms with Crippen molar-refractivity contribution < 1.29 is 4.74 Å². The average Bonchev–Trinajstić information content (AvgIpc) is 2.94. The van der Waals surface area contributed by atoms with E-state index in [1.165, 1.54) is 4.68 Å². The number of nitrogens with zero attached hydrogens (tertiary/aromatic N) is 3. The lowest BCUT2D eigenvalue weighted by Crippen LogP contribution is -1.97. The van der Waals surface area contributed by atoms with E-state index in [-0.39, 0.29) is 0 Å². The molecule has 0 bridgehead atoms. The zero-order chi connectivity index (χ0) is 17.1.